The maximum atomic E-state index is 12.1. The van der Waals surface area contributed by atoms with Crippen molar-refractivity contribution in [1.82, 2.24) is 10.6 Å². The van der Waals surface area contributed by atoms with Gasteiger partial charge in [0.15, 0.2) is 0 Å². The van der Waals surface area contributed by atoms with Crippen LogP contribution in [0.25, 0.3) is 10.4 Å². The van der Waals surface area contributed by atoms with Crippen LogP contribution in [0.3, 0.4) is 0 Å². The van der Waals surface area contributed by atoms with E-state index in [1.807, 2.05) is 33.0 Å². The molecule has 0 unspecified atom stereocenters. The first-order valence-corrected chi connectivity index (χ1v) is 8.95. The molecule has 0 aromatic heterocycles. The van der Waals surface area contributed by atoms with Crippen molar-refractivity contribution in [2.45, 2.75) is 58.0 Å². The van der Waals surface area contributed by atoms with Crippen LogP contribution in [0.1, 0.15) is 57.3 Å². The second kappa shape index (κ2) is 10.0. The Kier molecular flexibility index (Phi) is 8.42. The van der Waals surface area contributed by atoms with Gasteiger partial charge in [-0.25, -0.2) is 0 Å². The summed E-state index contributed by atoms with van der Waals surface area (Å²) in [6, 6.07) is 7.15. The smallest absolute Gasteiger partial charge is 0.251 e. The molecule has 0 aliphatic carbocycles. The molecule has 0 spiro atoms. The Morgan fingerprint density at radius 3 is 2.42 bits per heavy atom. The molecule has 1 aromatic rings. The van der Waals surface area contributed by atoms with E-state index in [1.54, 1.807) is 12.1 Å². The highest BCUT2D eigenvalue weighted by atomic mass is 16.5. The molecule has 7 nitrogen and oxygen atoms in total. The van der Waals surface area contributed by atoms with Gasteiger partial charge in [-0.1, -0.05) is 19.0 Å². The Balaban J connectivity index is 2.38. The average Bonchev–Trinajstić information content (AvgIpc) is 2.59. The summed E-state index contributed by atoms with van der Waals surface area (Å²) in [5, 5.41) is 9.85. The van der Waals surface area contributed by atoms with Gasteiger partial charge in [0.2, 0.25) is 0 Å². The van der Waals surface area contributed by atoms with Crippen molar-refractivity contribution in [1.29, 1.82) is 0 Å². The molecule has 7 heteroatoms. The molecule has 0 aliphatic heterocycles. The molecular formula is C19H31N5O2. The van der Waals surface area contributed by atoms with Crippen LogP contribution in [0.15, 0.2) is 29.4 Å². The molecule has 26 heavy (non-hydrogen) atoms. The summed E-state index contributed by atoms with van der Waals surface area (Å²) >= 11 is 0. The van der Waals surface area contributed by atoms with Gasteiger partial charge in [0.05, 0.1) is 6.61 Å². The largest absolute Gasteiger partial charge is 0.494 e. The minimum atomic E-state index is -0.430. The topological polar surface area (TPSA) is 99.1 Å². The monoisotopic (exact) mass is 361 g/mol. The lowest BCUT2D eigenvalue weighted by Gasteiger charge is -2.23. The van der Waals surface area contributed by atoms with Gasteiger partial charge in [0.25, 0.3) is 5.91 Å². The fraction of sp³-hybridized carbons (Fsp3) is 0.632. The third kappa shape index (κ3) is 8.23. The first kappa shape index (κ1) is 21.8. The molecule has 0 aliphatic rings. The van der Waals surface area contributed by atoms with Crippen molar-refractivity contribution in [3.8, 4) is 5.75 Å². The van der Waals surface area contributed by atoms with Gasteiger partial charge in [-0.3, -0.25) is 4.79 Å². The highest BCUT2D eigenvalue weighted by molar-refractivity contribution is 5.94. The van der Waals surface area contributed by atoms with E-state index in [4.69, 9.17) is 10.3 Å². The van der Waals surface area contributed by atoms with Crippen molar-refractivity contribution >= 4 is 5.91 Å². The third-order valence-corrected chi connectivity index (χ3v) is 4.36. The number of rotatable bonds is 11. The van der Waals surface area contributed by atoms with Crippen LogP contribution in [-0.2, 0) is 0 Å². The first-order valence-electron chi connectivity index (χ1n) is 8.95. The molecule has 0 bridgehead atoms. The van der Waals surface area contributed by atoms with Gasteiger partial charge in [-0.05, 0) is 70.0 Å². The number of ether oxygens (including phenoxy) is 1. The number of hydrogen-bond acceptors (Lipinski definition) is 4. The number of carbonyl (C=O) groups is 1. The van der Waals surface area contributed by atoms with Crippen molar-refractivity contribution in [3.63, 3.8) is 0 Å². The van der Waals surface area contributed by atoms with Crippen molar-refractivity contribution in [3.05, 3.63) is 40.3 Å². The minimum Gasteiger partial charge on any atom is -0.494 e. The summed E-state index contributed by atoms with van der Waals surface area (Å²) in [6.07, 6.45) is 2.35. The number of nitrogens with zero attached hydrogens (tertiary/aromatic N) is 3. The standard InChI is InChI=1S/C19H31N5O2/c1-18(2,21-5)12-14-26-16-9-7-15(8-10-16)17(25)22-13-6-11-19(3,4)23-24-20/h7-10,21H,6,11-14H2,1-5H3,(H,22,25). The average molecular weight is 361 g/mol. The number of amides is 1. The first-order chi connectivity index (χ1) is 12.2. The van der Waals surface area contributed by atoms with Crippen LogP contribution in [0.4, 0.5) is 0 Å². The van der Waals surface area contributed by atoms with Gasteiger partial charge in [0.1, 0.15) is 5.75 Å². The van der Waals surface area contributed by atoms with Gasteiger partial charge in [-0.2, -0.15) is 0 Å². The molecule has 1 rings (SSSR count). The van der Waals surface area contributed by atoms with E-state index in [1.165, 1.54) is 0 Å². The Labute approximate surface area is 156 Å². The molecule has 0 atom stereocenters. The molecule has 0 saturated carbocycles. The fourth-order valence-electron chi connectivity index (χ4n) is 2.25. The Hall–Kier alpha value is -2.24. The summed E-state index contributed by atoms with van der Waals surface area (Å²) in [4.78, 5) is 15.0. The van der Waals surface area contributed by atoms with E-state index in [-0.39, 0.29) is 11.4 Å². The maximum absolute atomic E-state index is 12.1. The molecule has 0 radical (unpaired) electrons. The van der Waals surface area contributed by atoms with Crippen molar-refractivity contribution in [2.24, 2.45) is 5.11 Å². The Bertz CT molecular complexity index is 619. The van der Waals surface area contributed by atoms with Crippen molar-refractivity contribution in [2.75, 3.05) is 20.2 Å². The molecular weight excluding hydrogens is 330 g/mol. The summed E-state index contributed by atoms with van der Waals surface area (Å²) in [5.74, 6) is 0.638. The minimum absolute atomic E-state index is 0.0347. The molecule has 0 saturated heterocycles. The van der Waals surface area contributed by atoms with E-state index >= 15 is 0 Å². The predicted molar refractivity (Wildman–Crippen MR) is 104 cm³/mol. The van der Waals surface area contributed by atoms with Crippen LogP contribution >= 0.6 is 0 Å². The second-order valence-electron chi connectivity index (χ2n) is 7.62. The number of azide groups is 1. The fourth-order valence-corrected chi connectivity index (χ4v) is 2.25. The number of carbonyl (C=O) groups excluding carboxylic acids is 1. The number of nitrogens with one attached hydrogen (secondary N) is 2. The summed E-state index contributed by atoms with van der Waals surface area (Å²) in [6.45, 7) is 9.16. The summed E-state index contributed by atoms with van der Waals surface area (Å²) in [5.41, 5.74) is 8.70. The molecule has 1 amide bonds. The van der Waals surface area contributed by atoms with Crippen molar-refractivity contribution < 1.29 is 9.53 Å². The second-order valence-corrected chi connectivity index (χ2v) is 7.62. The van der Waals surface area contributed by atoms with Gasteiger partial charge in [0, 0.05) is 28.1 Å². The Morgan fingerprint density at radius 2 is 1.85 bits per heavy atom. The lowest BCUT2D eigenvalue weighted by atomic mass is 10.00. The number of hydrogen-bond donors (Lipinski definition) is 2. The quantitative estimate of drug-likeness (QED) is 0.269. The van der Waals surface area contributed by atoms with Gasteiger partial charge >= 0.3 is 0 Å². The molecule has 0 heterocycles. The molecule has 144 valence electrons. The summed E-state index contributed by atoms with van der Waals surface area (Å²) in [7, 11) is 1.94. The zero-order valence-electron chi connectivity index (χ0n) is 16.5. The third-order valence-electron chi connectivity index (χ3n) is 4.36. The van der Waals surface area contributed by atoms with E-state index in [0.29, 0.717) is 25.1 Å². The normalized spacial score (nSPS) is 11.6. The highest BCUT2D eigenvalue weighted by Gasteiger charge is 2.15. The van der Waals surface area contributed by atoms with Crippen LogP contribution in [0.2, 0.25) is 0 Å². The zero-order valence-corrected chi connectivity index (χ0v) is 16.5. The van der Waals surface area contributed by atoms with Gasteiger partial charge in [-0.15, -0.1) is 0 Å². The van der Waals surface area contributed by atoms with E-state index in [9.17, 15) is 4.79 Å². The lowest BCUT2D eigenvalue weighted by molar-refractivity contribution is 0.0952. The van der Waals surface area contributed by atoms with Crippen LogP contribution in [0, 0.1) is 0 Å². The predicted octanol–water partition coefficient (Wildman–Crippen LogP) is 4.05. The SMILES string of the molecule is CNC(C)(C)CCOc1ccc(C(=O)NCCCC(C)(C)N=[N+]=[N-])cc1. The van der Waals surface area contributed by atoms with E-state index in [0.717, 1.165) is 18.6 Å². The maximum Gasteiger partial charge on any atom is 0.251 e. The van der Waals surface area contributed by atoms with Gasteiger partial charge < -0.3 is 15.4 Å². The number of benzene rings is 1. The molecule has 2 N–H and O–H groups in total. The molecule has 1 aromatic carbocycles. The van der Waals surface area contributed by atoms with E-state index < -0.39 is 5.54 Å². The Morgan fingerprint density at radius 1 is 1.19 bits per heavy atom. The molecule has 0 fully saturated rings. The van der Waals surface area contributed by atoms with Crippen LogP contribution < -0.4 is 15.4 Å². The van der Waals surface area contributed by atoms with E-state index in [2.05, 4.69) is 34.5 Å². The highest BCUT2D eigenvalue weighted by Crippen LogP contribution is 2.17. The van der Waals surface area contributed by atoms with Crippen LogP contribution in [0.5, 0.6) is 5.75 Å². The zero-order chi connectivity index (χ0) is 19.6. The summed E-state index contributed by atoms with van der Waals surface area (Å²) < 4.78 is 5.73. The lowest BCUT2D eigenvalue weighted by Crippen LogP contribution is -2.37. The van der Waals surface area contributed by atoms with Crippen LogP contribution in [-0.4, -0.2) is 37.2 Å².